The number of ether oxygens (including phenoxy) is 1. The summed E-state index contributed by atoms with van der Waals surface area (Å²) >= 11 is 0. The van der Waals surface area contributed by atoms with E-state index in [-0.39, 0.29) is 5.56 Å². The topological polar surface area (TPSA) is 61.8 Å². The Morgan fingerprint density at radius 3 is 2.33 bits per heavy atom. The van der Waals surface area contributed by atoms with Crippen molar-refractivity contribution in [3.8, 4) is 0 Å². The van der Waals surface area contributed by atoms with E-state index in [2.05, 4.69) is 14.9 Å². The smallest absolute Gasteiger partial charge is 0.378 e. The van der Waals surface area contributed by atoms with Crippen LogP contribution in [0, 0.1) is 0 Å². The van der Waals surface area contributed by atoms with E-state index in [4.69, 9.17) is 4.74 Å². The zero-order valence-electron chi connectivity index (χ0n) is 16.3. The number of anilines is 2. The molecule has 0 N–H and O–H groups in total. The summed E-state index contributed by atoms with van der Waals surface area (Å²) in [5, 5.41) is 0. The molecule has 10 heteroatoms. The van der Waals surface area contributed by atoms with Crippen LogP contribution >= 0.6 is 0 Å². The van der Waals surface area contributed by atoms with E-state index < -0.39 is 17.6 Å². The van der Waals surface area contributed by atoms with Crippen molar-refractivity contribution >= 4 is 17.7 Å². The SMILES string of the molecule is O=C(c1ccccc1C(F)(F)F)N1CCN(c2ccnc(N3CCOCC3)n2)CC1. The number of benzene rings is 1. The van der Waals surface area contributed by atoms with Crippen LogP contribution in [0.25, 0.3) is 0 Å². The van der Waals surface area contributed by atoms with Gasteiger partial charge in [0.2, 0.25) is 5.95 Å². The second-order valence-electron chi connectivity index (χ2n) is 7.14. The fourth-order valence-corrected chi connectivity index (χ4v) is 3.66. The molecule has 0 saturated carbocycles. The minimum Gasteiger partial charge on any atom is -0.378 e. The Kier molecular flexibility index (Phi) is 5.76. The van der Waals surface area contributed by atoms with Gasteiger partial charge in [-0.1, -0.05) is 12.1 Å². The third-order valence-electron chi connectivity index (χ3n) is 5.28. The van der Waals surface area contributed by atoms with Gasteiger partial charge in [-0.3, -0.25) is 4.79 Å². The zero-order valence-corrected chi connectivity index (χ0v) is 16.3. The highest BCUT2D eigenvalue weighted by Gasteiger charge is 2.36. The summed E-state index contributed by atoms with van der Waals surface area (Å²) in [6.45, 7) is 4.33. The van der Waals surface area contributed by atoms with Crippen molar-refractivity contribution in [2.24, 2.45) is 0 Å². The lowest BCUT2D eigenvalue weighted by molar-refractivity contribution is -0.138. The van der Waals surface area contributed by atoms with Crippen molar-refractivity contribution in [1.82, 2.24) is 14.9 Å². The van der Waals surface area contributed by atoms with Gasteiger partial charge in [0.15, 0.2) is 0 Å². The van der Waals surface area contributed by atoms with Crippen LogP contribution in [0.2, 0.25) is 0 Å². The first-order valence-corrected chi connectivity index (χ1v) is 9.79. The fraction of sp³-hybridized carbons (Fsp3) is 0.450. The molecule has 2 aliphatic rings. The number of halogens is 3. The fourth-order valence-electron chi connectivity index (χ4n) is 3.66. The van der Waals surface area contributed by atoms with Crippen molar-refractivity contribution in [2.75, 3.05) is 62.3 Å². The molecule has 2 fully saturated rings. The number of piperazine rings is 1. The van der Waals surface area contributed by atoms with Crippen LogP contribution in [-0.4, -0.2) is 73.3 Å². The van der Waals surface area contributed by atoms with E-state index in [0.717, 1.165) is 25.0 Å². The average molecular weight is 421 g/mol. The van der Waals surface area contributed by atoms with Crippen molar-refractivity contribution in [3.05, 3.63) is 47.7 Å². The number of alkyl halides is 3. The van der Waals surface area contributed by atoms with E-state index >= 15 is 0 Å². The maximum Gasteiger partial charge on any atom is 0.417 e. The molecule has 0 bridgehead atoms. The van der Waals surface area contributed by atoms with Gasteiger partial charge in [0, 0.05) is 45.5 Å². The van der Waals surface area contributed by atoms with Crippen LogP contribution in [0.5, 0.6) is 0 Å². The van der Waals surface area contributed by atoms with Crippen LogP contribution in [-0.2, 0) is 10.9 Å². The van der Waals surface area contributed by atoms with Gasteiger partial charge in [-0.2, -0.15) is 18.2 Å². The Bertz CT molecular complexity index is 894. The van der Waals surface area contributed by atoms with Gasteiger partial charge in [0.25, 0.3) is 5.91 Å². The number of aromatic nitrogens is 2. The first-order valence-electron chi connectivity index (χ1n) is 9.79. The molecule has 4 rings (SSSR count). The minimum atomic E-state index is -4.56. The lowest BCUT2D eigenvalue weighted by atomic mass is 10.1. The average Bonchev–Trinajstić information content (AvgIpc) is 2.79. The van der Waals surface area contributed by atoms with Crippen LogP contribution in [0.1, 0.15) is 15.9 Å². The van der Waals surface area contributed by atoms with E-state index in [1.165, 1.54) is 23.1 Å². The normalized spacial score (nSPS) is 17.9. The number of amides is 1. The Morgan fingerprint density at radius 2 is 1.63 bits per heavy atom. The molecule has 0 atom stereocenters. The van der Waals surface area contributed by atoms with E-state index in [0.29, 0.717) is 45.3 Å². The molecular formula is C20H22F3N5O2. The minimum absolute atomic E-state index is 0.310. The Hall–Kier alpha value is -2.88. The quantitative estimate of drug-likeness (QED) is 0.758. The van der Waals surface area contributed by atoms with Crippen LogP contribution in [0.15, 0.2) is 36.5 Å². The molecule has 0 unspecified atom stereocenters. The molecule has 2 aromatic rings. The molecule has 7 nitrogen and oxygen atoms in total. The summed E-state index contributed by atoms with van der Waals surface area (Å²) in [5.41, 5.74) is -1.21. The van der Waals surface area contributed by atoms with Crippen molar-refractivity contribution < 1.29 is 22.7 Å². The molecule has 3 heterocycles. The predicted octanol–water partition coefficient (Wildman–Crippen LogP) is 2.29. The first-order chi connectivity index (χ1) is 14.4. The molecule has 1 aromatic heterocycles. The van der Waals surface area contributed by atoms with Crippen LogP contribution in [0.4, 0.5) is 24.9 Å². The molecule has 2 aliphatic heterocycles. The van der Waals surface area contributed by atoms with Gasteiger partial charge in [0.1, 0.15) is 5.82 Å². The van der Waals surface area contributed by atoms with E-state index in [9.17, 15) is 18.0 Å². The maximum atomic E-state index is 13.2. The Morgan fingerprint density at radius 1 is 0.933 bits per heavy atom. The van der Waals surface area contributed by atoms with Gasteiger partial charge < -0.3 is 19.4 Å². The van der Waals surface area contributed by atoms with Crippen LogP contribution in [0.3, 0.4) is 0 Å². The molecule has 2 saturated heterocycles. The number of carbonyl (C=O) groups excluding carboxylic acids is 1. The third-order valence-corrected chi connectivity index (χ3v) is 5.28. The number of carbonyl (C=O) groups is 1. The standard InChI is InChI=1S/C20H22F3N5O2/c21-20(22,23)16-4-2-1-3-15(16)18(29)27-9-7-26(8-10-27)17-5-6-24-19(25-17)28-11-13-30-14-12-28/h1-6H,7-14H2. The summed E-state index contributed by atoms with van der Waals surface area (Å²) in [6.07, 6.45) is -2.87. The second kappa shape index (κ2) is 8.47. The number of hydrogen-bond donors (Lipinski definition) is 0. The van der Waals surface area contributed by atoms with Gasteiger partial charge in [-0.15, -0.1) is 0 Å². The summed E-state index contributed by atoms with van der Waals surface area (Å²) in [5.74, 6) is 0.780. The summed E-state index contributed by atoms with van der Waals surface area (Å²) in [7, 11) is 0. The summed E-state index contributed by atoms with van der Waals surface area (Å²) in [4.78, 5) is 27.2. The first kappa shape index (κ1) is 20.4. The van der Waals surface area contributed by atoms with Gasteiger partial charge in [-0.25, -0.2) is 4.98 Å². The summed E-state index contributed by atoms with van der Waals surface area (Å²) in [6, 6.07) is 6.72. The van der Waals surface area contributed by atoms with Crippen molar-refractivity contribution in [1.29, 1.82) is 0 Å². The monoisotopic (exact) mass is 421 g/mol. The highest BCUT2D eigenvalue weighted by Crippen LogP contribution is 2.32. The molecule has 0 aliphatic carbocycles. The molecule has 1 amide bonds. The Labute approximate surface area is 172 Å². The molecule has 160 valence electrons. The molecule has 30 heavy (non-hydrogen) atoms. The van der Waals surface area contributed by atoms with Gasteiger partial charge >= 0.3 is 6.18 Å². The highest BCUT2D eigenvalue weighted by atomic mass is 19.4. The van der Waals surface area contributed by atoms with Gasteiger partial charge in [-0.05, 0) is 18.2 Å². The van der Waals surface area contributed by atoms with Crippen molar-refractivity contribution in [3.63, 3.8) is 0 Å². The lowest BCUT2D eigenvalue weighted by Crippen LogP contribution is -2.49. The Balaban J connectivity index is 1.43. The molecule has 1 aromatic carbocycles. The molecular weight excluding hydrogens is 399 g/mol. The van der Waals surface area contributed by atoms with Crippen molar-refractivity contribution in [2.45, 2.75) is 6.18 Å². The molecule has 0 radical (unpaired) electrons. The van der Waals surface area contributed by atoms with Gasteiger partial charge in [0.05, 0.1) is 24.3 Å². The lowest BCUT2D eigenvalue weighted by Gasteiger charge is -2.36. The van der Waals surface area contributed by atoms with E-state index in [1.807, 2.05) is 4.90 Å². The third kappa shape index (κ3) is 4.33. The largest absolute Gasteiger partial charge is 0.417 e. The number of morpholine rings is 1. The highest BCUT2D eigenvalue weighted by molar-refractivity contribution is 5.96. The number of nitrogens with zero attached hydrogens (tertiary/aromatic N) is 5. The predicted molar refractivity (Wildman–Crippen MR) is 105 cm³/mol. The number of rotatable bonds is 3. The number of hydrogen-bond acceptors (Lipinski definition) is 6. The summed E-state index contributed by atoms with van der Waals surface area (Å²) < 4.78 is 45.1. The zero-order chi connectivity index (χ0) is 21.1. The second-order valence-corrected chi connectivity index (χ2v) is 7.14. The molecule has 0 spiro atoms. The van der Waals surface area contributed by atoms with Crippen LogP contribution < -0.4 is 9.80 Å². The maximum absolute atomic E-state index is 13.2. The van der Waals surface area contributed by atoms with E-state index in [1.54, 1.807) is 12.3 Å².